The Morgan fingerprint density at radius 2 is 1.79 bits per heavy atom. The van der Waals surface area contributed by atoms with Gasteiger partial charge in [0.2, 0.25) is 0 Å². The van der Waals surface area contributed by atoms with E-state index in [9.17, 15) is 4.79 Å². The summed E-state index contributed by atoms with van der Waals surface area (Å²) in [5, 5.41) is 0. The lowest BCUT2D eigenvalue weighted by Crippen LogP contribution is -2.43. The minimum Gasteiger partial charge on any atom is -0.462 e. The second-order valence-corrected chi connectivity index (χ2v) is 15.9. The number of rotatable bonds is 6. The van der Waals surface area contributed by atoms with E-state index in [0.717, 1.165) is 19.3 Å². The van der Waals surface area contributed by atoms with Gasteiger partial charge in [-0.05, 0) is 42.1 Å². The summed E-state index contributed by atoms with van der Waals surface area (Å²) in [7, 11) is -1.20. The first-order valence-electron chi connectivity index (χ1n) is 11.0. The predicted octanol–water partition coefficient (Wildman–Crippen LogP) is 6.38. The second kappa shape index (κ2) is 8.18. The highest BCUT2D eigenvalue weighted by Gasteiger charge is 2.47. The molecule has 1 aromatic carbocycles. The first kappa shape index (κ1) is 21.4. The van der Waals surface area contributed by atoms with E-state index in [2.05, 4.69) is 82.5 Å². The minimum atomic E-state index is -1.20. The van der Waals surface area contributed by atoms with Gasteiger partial charge in [0, 0.05) is 5.92 Å². The van der Waals surface area contributed by atoms with Crippen molar-refractivity contribution < 1.29 is 9.53 Å². The quantitative estimate of drug-likeness (QED) is 0.410. The molecule has 0 aliphatic heterocycles. The Balaban J connectivity index is 1.68. The molecule has 0 bridgehead atoms. The second-order valence-electron chi connectivity index (χ2n) is 10.8. The standard InChI is InChI=1S/C25H38O2Si/c1-18-12-13-22(25(2,3)20-10-8-7-9-11-20)23(16-18)27-24(26)21-17-19(21)14-15-28(4,5)6/h7-11,14-15,18-19,21-23H,12-13,16-17H2,1-6H3/b15-14+/t18?,19-,21-,22?,23?/m0/s1. The number of benzene rings is 1. The van der Waals surface area contributed by atoms with Crippen molar-refractivity contribution in [1.29, 1.82) is 0 Å². The van der Waals surface area contributed by atoms with Gasteiger partial charge in [-0.15, -0.1) is 0 Å². The van der Waals surface area contributed by atoms with Crippen molar-refractivity contribution in [3.05, 3.63) is 47.7 Å². The van der Waals surface area contributed by atoms with Crippen molar-refractivity contribution in [2.24, 2.45) is 23.7 Å². The average molecular weight is 399 g/mol. The van der Waals surface area contributed by atoms with Crippen LogP contribution in [-0.2, 0) is 14.9 Å². The summed E-state index contributed by atoms with van der Waals surface area (Å²) in [4.78, 5) is 12.9. The van der Waals surface area contributed by atoms with Gasteiger partial charge < -0.3 is 4.74 Å². The van der Waals surface area contributed by atoms with Gasteiger partial charge in [-0.1, -0.05) is 88.9 Å². The van der Waals surface area contributed by atoms with Crippen LogP contribution < -0.4 is 0 Å². The summed E-state index contributed by atoms with van der Waals surface area (Å²) in [5.41, 5.74) is 3.72. The largest absolute Gasteiger partial charge is 0.462 e. The predicted molar refractivity (Wildman–Crippen MR) is 120 cm³/mol. The Kier molecular flexibility index (Phi) is 6.24. The lowest BCUT2D eigenvalue weighted by Gasteiger charge is -2.44. The molecule has 154 valence electrons. The summed E-state index contributed by atoms with van der Waals surface area (Å²) >= 11 is 0. The van der Waals surface area contributed by atoms with Crippen molar-refractivity contribution in [2.75, 3.05) is 0 Å². The molecule has 0 amide bonds. The van der Waals surface area contributed by atoms with E-state index < -0.39 is 8.07 Å². The molecule has 0 radical (unpaired) electrons. The summed E-state index contributed by atoms with van der Waals surface area (Å²) < 4.78 is 6.21. The third kappa shape index (κ3) is 5.17. The Bertz CT molecular complexity index is 701. The van der Waals surface area contributed by atoms with E-state index in [1.165, 1.54) is 12.0 Å². The molecule has 28 heavy (non-hydrogen) atoms. The number of carbonyl (C=O) groups is 1. The van der Waals surface area contributed by atoms with Gasteiger partial charge >= 0.3 is 5.97 Å². The Morgan fingerprint density at radius 1 is 1.11 bits per heavy atom. The van der Waals surface area contributed by atoms with Crippen LogP contribution in [0.3, 0.4) is 0 Å². The highest BCUT2D eigenvalue weighted by molar-refractivity contribution is 6.80. The van der Waals surface area contributed by atoms with Crippen LogP contribution in [0.2, 0.25) is 19.6 Å². The number of carbonyl (C=O) groups excluding carboxylic acids is 1. The molecule has 3 rings (SSSR count). The molecule has 1 aromatic rings. The first-order valence-corrected chi connectivity index (χ1v) is 14.6. The van der Waals surface area contributed by atoms with Crippen LogP contribution in [0.5, 0.6) is 0 Å². The summed E-state index contributed by atoms with van der Waals surface area (Å²) in [6.07, 6.45) is 6.63. The minimum absolute atomic E-state index is 0.00698. The molecular formula is C25H38O2Si. The van der Waals surface area contributed by atoms with Crippen molar-refractivity contribution in [1.82, 2.24) is 0 Å². The van der Waals surface area contributed by atoms with Crippen LogP contribution in [0.4, 0.5) is 0 Å². The van der Waals surface area contributed by atoms with Gasteiger partial charge in [0.15, 0.2) is 0 Å². The van der Waals surface area contributed by atoms with Gasteiger partial charge in [-0.3, -0.25) is 4.79 Å². The zero-order chi connectivity index (χ0) is 20.5. The Labute approximate surface area is 172 Å². The maximum absolute atomic E-state index is 12.9. The topological polar surface area (TPSA) is 26.3 Å². The third-order valence-corrected chi connectivity index (χ3v) is 7.94. The number of esters is 1. The van der Waals surface area contributed by atoms with Gasteiger partial charge in [-0.25, -0.2) is 0 Å². The molecule has 3 unspecified atom stereocenters. The third-order valence-electron chi connectivity index (χ3n) is 6.75. The van der Waals surface area contributed by atoms with Crippen LogP contribution in [0, 0.1) is 23.7 Å². The van der Waals surface area contributed by atoms with E-state index in [-0.39, 0.29) is 23.4 Å². The van der Waals surface area contributed by atoms with Crippen molar-refractivity contribution in [3.63, 3.8) is 0 Å². The van der Waals surface area contributed by atoms with Gasteiger partial charge in [0.25, 0.3) is 0 Å². The number of allylic oxidation sites excluding steroid dienone is 1. The van der Waals surface area contributed by atoms with E-state index in [1.54, 1.807) is 0 Å². The molecular weight excluding hydrogens is 360 g/mol. The monoisotopic (exact) mass is 398 g/mol. The molecule has 5 atom stereocenters. The molecule has 3 heteroatoms. The lowest BCUT2D eigenvalue weighted by molar-refractivity contribution is -0.158. The molecule has 2 fully saturated rings. The number of hydrogen-bond donors (Lipinski definition) is 0. The van der Waals surface area contributed by atoms with E-state index in [1.807, 2.05) is 0 Å². The average Bonchev–Trinajstić information content (AvgIpc) is 3.40. The van der Waals surface area contributed by atoms with Crippen molar-refractivity contribution in [2.45, 2.75) is 77.6 Å². The van der Waals surface area contributed by atoms with E-state index in [0.29, 0.717) is 17.8 Å². The van der Waals surface area contributed by atoms with Crippen LogP contribution in [0.25, 0.3) is 0 Å². The number of ether oxygens (including phenoxy) is 1. The molecule has 2 aliphatic carbocycles. The van der Waals surface area contributed by atoms with Crippen molar-refractivity contribution >= 4 is 14.0 Å². The van der Waals surface area contributed by atoms with E-state index in [4.69, 9.17) is 4.74 Å². The Hall–Kier alpha value is -1.35. The van der Waals surface area contributed by atoms with Gasteiger partial charge in [0.05, 0.1) is 14.0 Å². The van der Waals surface area contributed by atoms with E-state index >= 15 is 0 Å². The van der Waals surface area contributed by atoms with Gasteiger partial charge in [-0.2, -0.15) is 0 Å². The van der Waals surface area contributed by atoms with Gasteiger partial charge in [0.1, 0.15) is 6.10 Å². The molecule has 2 saturated carbocycles. The summed E-state index contributed by atoms with van der Waals surface area (Å²) in [6.45, 7) is 13.9. The molecule has 2 aliphatic rings. The zero-order valence-corrected chi connectivity index (χ0v) is 19.6. The normalized spacial score (nSPS) is 31.0. The smallest absolute Gasteiger partial charge is 0.309 e. The fourth-order valence-corrected chi connectivity index (χ4v) is 5.54. The molecule has 0 spiro atoms. The highest BCUT2D eigenvalue weighted by atomic mass is 28.3. The molecule has 2 nitrogen and oxygen atoms in total. The summed E-state index contributed by atoms with van der Waals surface area (Å²) in [5.74, 6) is 1.54. The fourth-order valence-electron chi connectivity index (χ4n) is 4.71. The Morgan fingerprint density at radius 3 is 2.43 bits per heavy atom. The van der Waals surface area contributed by atoms with Crippen molar-refractivity contribution in [3.8, 4) is 0 Å². The zero-order valence-electron chi connectivity index (χ0n) is 18.6. The fraction of sp³-hybridized carbons (Fsp3) is 0.640. The molecule has 0 N–H and O–H groups in total. The lowest BCUT2D eigenvalue weighted by atomic mass is 9.64. The SMILES string of the molecule is CC1CCC(C(C)(C)c2ccccc2)C(OC(=O)[C@H]2C[C@@H]2/C=C/[Si](C)(C)C)C1. The first-order chi connectivity index (χ1) is 13.1. The van der Waals surface area contributed by atoms with Crippen LogP contribution in [0.1, 0.15) is 52.0 Å². The molecule has 0 aromatic heterocycles. The number of hydrogen-bond acceptors (Lipinski definition) is 2. The van der Waals surface area contributed by atoms with Crippen LogP contribution in [0.15, 0.2) is 42.1 Å². The summed E-state index contributed by atoms with van der Waals surface area (Å²) in [6, 6.07) is 10.7. The maximum atomic E-state index is 12.9. The van der Waals surface area contributed by atoms with Crippen LogP contribution >= 0.6 is 0 Å². The maximum Gasteiger partial charge on any atom is 0.309 e. The highest BCUT2D eigenvalue weighted by Crippen LogP contribution is 2.46. The van der Waals surface area contributed by atoms with Crippen LogP contribution in [-0.4, -0.2) is 20.1 Å². The molecule has 0 heterocycles. The molecule has 0 saturated heterocycles.